The van der Waals surface area contributed by atoms with Crippen molar-refractivity contribution < 1.29 is 9.47 Å². The van der Waals surface area contributed by atoms with Crippen molar-refractivity contribution in [2.24, 2.45) is 0 Å². The Morgan fingerprint density at radius 1 is 0.812 bits per heavy atom. The molecule has 166 valence electrons. The van der Waals surface area contributed by atoms with E-state index in [2.05, 4.69) is 95.4 Å². The van der Waals surface area contributed by atoms with Gasteiger partial charge in [-0.1, -0.05) is 35.9 Å². The number of nitrogens with one attached hydrogen (secondary N) is 1. The van der Waals surface area contributed by atoms with Gasteiger partial charge in [0, 0.05) is 22.4 Å². The maximum Gasteiger partial charge on any atom is 0.126 e. The first-order chi connectivity index (χ1) is 15.2. The van der Waals surface area contributed by atoms with Crippen LogP contribution in [0.3, 0.4) is 0 Å². The SMILES string of the molecule is COc1ccc(C)cc1-c1ccc2c(c1COc1cc(C)ccc1C)C(C)=CC(C)(C)N2. The van der Waals surface area contributed by atoms with Crippen LogP contribution >= 0.6 is 0 Å². The van der Waals surface area contributed by atoms with Crippen molar-refractivity contribution in [3.8, 4) is 22.6 Å². The number of ether oxygens (including phenoxy) is 2. The summed E-state index contributed by atoms with van der Waals surface area (Å²) in [6, 6.07) is 17.1. The average molecular weight is 428 g/mol. The molecule has 0 aromatic heterocycles. The minimum atomic E-state index is -0.0924. The minimum absolute atomic E-state index is 0.0924. The predicted molar refractivity (Wildman–Crippen MR) is 135 cm³/mol. The van der Waals surface area contributed by atoms with Gasteiger partial charge in [0.2, 0.25) is 0 Å². The predicted octanol–water partition coefficient (Wildman–Crippen LogP) is 7.47. The molecule has 1 N–H and O–H groups in total. The molecule has 0 unspecified atom stereocenters. The van der Waals surface area contributed by atoms with Crippen LogP contribution in [0.1, 0.15) is 48.6 Å². The monoisotopic (exact) mass is 427 g/mol. The topological polar surface area (TPSA) is 30.5 Å². The van der Waals surface area contributed by atoms with E-state index in [-0.39, 0.29) is 5.54 Å². The molecule has 32 heavy (non-hydrogen) atoms. The van der Waals surface area contributed by atoms with Crippen LogP contribution in [0.5, 0.6) is 11.5 Å². The van der Waals surface area contributed by atoms with Gasteiger partial charge in [0.05, 0.1) is 12.6 Å². The lowest BCUT2D eigenvalue weighted by atomic mass is 9.85. The van der Waals surface area contributed by atoms with Crippen molar-refractivity contribution in [1.82, 2.24) is 0 Å². The molecule has 0 saturated carbocycles. The van der Waals surface area contributed by atoms with E-state index in [0.717, 1.165) is 33.9 Å². The van der Waals surface area contributed by atoms with Gasteiger partial charge in [-0.15, -0.1) is 0 Å². The molecule has 0 radical (unpaired) electrons. The van der Waals surface area contributed by atoms with E-state index in [1.807, 2.05) is 6.07 Å². The lowest BCUT2D eigenvalue weighted by Crippen LogP contribution is -2.32. The Hall–Kier alpha value is -3.20. The number of benzene rings is 3. The lowest BCUT2D eigenvalue weighted by molar-refractivity contribution is 0.304. The first kappa shape index (κ1) is 22.0. The number of allylic oxidation sites excluding steroid dienone is 1. The Balaban J connectivity index is 1.89. The highest BCUT2D eigenvalue weighted by Crippen LogP contribution is 2.43. The molecule has 1 aliphatic rings. The molecule has 0 spiro atoms. The first-order valence-electron chi connectivity index (χ1n) is 11.2. The highest BCUT2D eigenvalue weighted by molar-refractivity contribution is 5.88. The zero-order valence-corrected chi connectivity index (χ0v) is 20.2. The van der Waals surface area contributed by atoms with E-state index in [0.29, 0.717) is 6.61 Å². The highest BCUT2D eigenvalue weighted by Gasteiger charge is 2.27. The second-order valence-electron chi connectivity index (χ2n) is 9.45. The van der Waals surface area contributed by atoms with Crippen LogP contribution in [0.4, 0.5) is 5.69 Å². The third-order valence-corrected chi connectivity index (χ3v) is 6.10. The molecular formula is C29H33NO2. The Morgan fingerprint density at radius 2 is 1.53 bits per heavy atom. The van der Waals surface area contributed by atoms with Gasteiger partial charge in [-0.25, -0.2) is 0 Å². The number of rotatable bonds is 5. The van der Waals surface area contributed by atoms with E-state index in [9.17, 15) is 0 Å². The van der Waals surface area contributed by atoms with Crippen molar-refractivity contribution in [3.05, 3.63) is 82.4 Å². The second-order valence-corrected chi connectivity index (χ2v) is 9.45. The van der Waals surface area contributed by atoms with Crippen molar-refractivity contribution in [1.29, 1.82) is 0 Å². The number of methoxy groups -OCH3 is 1. The van der Waals surface area contributed by atoms with Gasteiger partial charge in [0.25, 0.3) is 0 Å². The van der Waals surface area contributed by atoms with E-state index in [1.54, 1.807) is 7.11 Å². The summed E-state index contributed by atoms with van der Waals surface area (Å²) in [5, 5.41) is 3.68. The number of hydrogen-bond acceptors (Lipinski definition) is 3. The zero-order chi connectivity index (χ0) is 23.0. The van der Waals surface area contributed by atoms with Gasteiger partial charge in [-0.2, -0.15) is 0 Å². The first-order valence-corrected chi connectivity index (χ1v) is 11.2. The van der Waals surface area contributed by atoms with Crippen molar-refractivity contribution >= 4 is 11.3 Å². The number of anilines is 1. The molecular weight excluding hydrogens is 394 g/mol. The van der Waals surface area contributed by atoms with Gasteiger partial charge in [0.15, 0.2) is 0 Å². The summed E-state index contributed by atoms with van der Waals surface area (Å²) >= 11 is 0. The van der Waals surface area contributed by atoms with Gasteiger partial charge < -0.3 is 14.8 Å². The molecule has 0 atom stereocenters. The standard InChI is InChI=1S/C29H33NO2/c1-18-9-13-26(31-7)23(14-18)22-11-12-25-28(21(4)16-29(5,6)30-25)24(22)17-32-27-15-19(2)8-10-20(27)3/h8-16,30H,17H2,1-7H3. The van der Waals surface area contributed by atoms with E-state index in [1.165, 1.54) is 27.8 Å². The van der Waals surface area contributed by atoms with Crippen LogP contribution in [0.25, 0.3) is 16.7 Å². The van der Waals surface area contributed by atoms with Crippen LogP contribution in [0.2, 0.25) is 0 Å². The number of hydrogen-bond donors (Lipinski definition) is 1. The molecule has 3 aromatic carbocycles. The van der Waals surface area contributed by atoms with Crippen LogP contribution in [-0.4, -0.2) is 12.6 Å². The summed E-state index contributed by atoms with van der Waals surface area (Å²) in [6.45, 7) is 13.4. The summed E-state index contributed by atoms with van der Waals surface area (Å²) in [4.78, 5) is 0. The van der Waals surface area contributed by atoms with Crippen LogP contribution in [0.15, 0.2) is 54.6 Å². The summed E-state index contributed by atoms with van der Waals surface area (Å²) in [6.07, 6.45) is 2.30. The molecule has 0 saturated heterocycles. The summed E-state index contributed by atoms with van der Waals surface area (Å²) in [7, 11) is 1.73. The highest BCUT2D eigenvalue weighted by atomic mass is 16.5. The largest absolute Gasteiger partial charge is 0.496 e. The van der Waals surface area contributed by atoms with Gasteiger partial charge in [0.1, 0.15) is 18.1 Å². The quantitative estimate of drug-likeness (QED) is 0.458. The zero-order valence-electron chi connectivity index (χ0n) is 20.2. The third-order valence-electron chi connectivity index (χ3n) is 6.10. The lowest BCUT2D eigenvalue weighted by Gasteiger charge is -2.33. The van der Waals surface area contributed by atoms with Crippen LogP contribution < -0.4 is 14.8 Å². The molecule has 1 aliphatic heterocycles. The molecule has 3 nitrogen and oxygen atoms in total. The fraction of sp³-hybridized carbons (Fsp3) is 0.310. The Labute approximate surface area is 192 Å². The molecule has 0 fully saturated rings. The van der Waals surface area contributed by atoms with Crippen LogP contribution in [-0.2, 0) is 6.61 Å². The fourth-order valence-corrected chi connectivity index (χ4v) is 4.65. The summed E-state index contributed by atoms with van der Waals surface area (Å²) in [5.74, 6) is 1.80. The summed E-state index contributed by atoms with van der Waals surface area (Å²) < 4.78 is 12.2. The smallest absolute Gasteiger partial charge is 0.126 e. The Bertz CT molecular complexity index is 1200. The molecule has 4 rings (SSSR count). The third kappa shape index (κ3) is 4.25. The Morgan fingerprint density at radius 3 is 2.28 bits per heavy atom. The molecule has 0 aliphatic carbocycles. The normalized spacial score (nSPS) is 14.3. The molecule has 0 bridgehead atoms. The van der Waals surface area contributed by atoms with Crippen molar-refractivity contribution in [3.63, 3.8) is 0 Å². The van der Waals surface area contributed by atoms with Crippen molar-refractivity contribution in [2.45, 2.75) is 53.7 Å². The van der Waals surface area contributed by atoms with Gasteiger partial charge >= 0.3 is 0 Å². The second kappa shape index (κ2) is 8.38. The summed E-state index contributed by atoms with van der Waals surface area (Å²) in [5.41, 5.74) is 10.5. The van der Waals surface area contributed by atoms with E-state index < -0.39 is 0 Å². The molecule has 1 heterocycles. The average Bonchev–Trinajstić information content (AvgIpc) is 2.73. The maximum atomic E-state index is 6.44. The van der Waals surface area contributed by atoms with E-state index in [4.69, 9.17) is 9.47 Å². The molecule has 0 amide bonds. The molecule has 3 aromatic rings. The number of aryl methyl sites for hydroxylation is 3. The van der Waals surface area contributed by atoms with E-state index >= 15 is 0 Å². The minimum Gasteiger partial charge on any atom is -0.496 e. The fourth-order valence-electron chi connectivity index (χ4n) is 4.65. The van der Waals surface area contributed by atoms with Gasteiger partial charge in [-0.05, 0) is 88.1 Å². The van der Waals surface area contributed by atoms with Crippen molar-refractivity contribution in [2.75, 3.05) is 12.4 Å². The molecule has 3 heteroatoms. The Kier molecular flexibility index (Phi) is 5.77. The maximum absolute atomic E-state index is 6.44. The number of fused-ring (bicyclic) bond motifs is 1. The van der Waals surface area contributed by atoms with Gasteiger partial charge in [-0.3, -0.25) is 0 Å². The van der Waals surface area contributed by atoms with Crippen LogP contribution in [0, 0.1) is 20.8 Å².